The summed E-state index contributed by atoms with van der Waals surface area (Å²) in [6.45, 7) is 2.23. The van der Waals surface area contributed by atoms with Gasteiger partial charge in [0.15, 0.2) is 0 Å². The molecule has 1 unspecified atom stereocenters. The fraction of sp³-hybridized carbons (Fsp3) is 0.647. The van der Waals surface area contributed by atoms with E-state index in [1.54, 1.807) is 0 Å². The average molecular weight is 260 g/mol. The Kier molecular flexibility index (Phi) is 5.87. The molecule has 1 atom stereocenters. The van der Waals surface area contributed by atoms with E-state index in [1.807, 2.05) is 0 Å². The molecule has 1 fully saturated rings. The molecule has 0 amide bonds. The molecule has 2 nitrogen and oxygen atoms in total. The molecule has 1 aliphatic rings. The Morgan fingerprint density at radius 2 is 2.05 bits per heavy atom. The summed E-state index contributed by atoms with van der Waals surface area (Å²) in [5, 5.41) is 0. The lowest BCUT2D eigenvalue weighted by Gasteiger charge is -2.26. The molecule has 1 aromatic rings. The zero-order valence-electron chi connectivity index (χ0n) is 12.2. The summed E-state index contributed by atoms with van der Waals surface area (Å²) in [4.78, 5) is 0. The maximum atomic E-state index is 5.80. The van der Waals surface area contributed by atoms with Crippen LogP contribution in [0.2, 0.25) is 0 Å². The van der Waals surface area contributed by atoms with E-state index < -0.39 is 0 Å². The van der Waals surface area contributed by atoms with E-state index in [0.29, 0.717) is 6.04 Å². The lowest BCUT2D eigenvalue weighted by atomic mass is 9.83. The maximum Gasteiger partial charge on any atom is 0.0462 e. The van der Waals surface area contributed by atoms with Gasteiger partial charge >= 0.3 is 0 Å². The summed E-state index contributed by atoms with van der Waals surface area (Å²) in [6.07, 6.45) is 10.5. The van der Waals surface area contributed by atoms with Crippen molar-refractivity contribution >= 4 is 0 Å². The van der Waals surface area contributed by atoms with Crippen molar-refractivity contribution < 1.29 is 0 Å². The van der Waals surface area contributed by atoms with Gasteiger partial charge in [0, 0.05) is 6.04 Å². The van der Waals surface area contributed by atoms with E-state index >= 15 is 0 Å². The van der Waals surface area contributed by atoms with E-state index in [-0.39, 0.29) is 0 Å². The summed E-state index contributed by atoms with van der Waals surface area (Å²) < 4.78 is 0. The van der Waals surface area contributed by atoms with E-state index in [2.05, 4.69) is 36.6 Å². The molecule has 19 heavy (non-hydrogen) atoms. The molecular weight excluding hydrogens is 232 g/mol. The molecule has 1 aromatic carbocycles. The van der Waals surface area contributed by atoms with Crippen LogP contribution in [0.5, 0.6) is 0 Å². The Morgan fingerprint density at radius 3 is 2.74 bits per heavy atom. The molecule has 1 saturated carbocycles. The predicted molar refractivity (Wildman–Crippen MR) is 81.7 cm³/mol. The highest BCUT2D eigenvalue weighted by Crippen LogP contribution is 2.31. The van der Waals surface area contributed by atoms with Crippen LogP contribution >= 0.6 is 0 Å². The first kappa shape index (κ1) is 14.5. The Morgan fingerprint density at radius 1 is 1.26 bits per heavy atom. The number of nitrogens with one attached hydrogen (secondary N) is 1. The molecular formula is C17H28N2. The summed E-state index contributed by atoms with van der Waals surface area (Å²) in [5.41, 5.74) is 5.83. The number of nitrogens with two attached hydrogens (primary N) is 1. The van der Waals surface area contributed by atoms with Gasteiger partial charge in [0.05, 0.1) is 0 Å². The van der Waals surface area contributed by atoms with Gasteiger partial charge in [-0.05, 0) is 29.9 Å². The normalized spacial score (nSPS) is 18.4. The van der Waals surface area contributed by atoms with Gasteiger partial charge in [-0.1, -0.05) is 69.7 Å². The van der Waals surface area contributed by atoms with Crippen LogP contribution in [0, 0.1) is 5.92 Å². The van der Waals surface area contributed by atoms with Gasteiger partial charge in [-0.25, -0.2) is 0 Å². The second kappa shape index (κ2) is 7.66. The zero-order chi connectivity index (χ0) is 13.5. The monoisotopic (exact) mass is 260 g/mol. The van der Waals surface area contributed by atoms with Gasteiger partial charge in [0.1, 0.15) is 0 Å². The van der Waals surface area contributed by atoms with Crippen molar-refractivity contribution in [3.05, 3.63) is 35.4 Å². The highest BCUT2D eigenvalue weighted by Gasteiger charge is 2.19. The first-order valence-corrected chi connectivity index (χ1v) is 7.88. The molecule has 0 heterocycles. The number of hydrogen-bond donors (Lipinski definition) is 2. The Balaban J connectivity index is 2.01. The molecule has 0 aliphatic heterocycles. The standard InChI is InChI=1S/C17H28N2/c1-2-7-14-10-6-11-16(12-14)17(19-18)13-15-8-4-3-5-9-15/h6,10-12,15,17,19H,2-5,7-9,13,18H2,1H3. The highest BCUT2D eigenvalue weighted by molar-refractivity contribution is 5.26. The lowest BCUT2D eigenvalue weighted by molar-refractivity contribution is 0.301. The van der Waals surface area contributed by atoms with Gasteiger partial charge in [-0.15, -0.1) is 0 Å². The summed E-state index contributed by atoms with van der Waals surface area (Å²) in [7, 11) is 0. The first-order valence-electron chi connectivity index (χ1n) is 7.88. The second-order valence-electron chi connectivity index (χ2n) is 5.95. The van der Waals surface area contributed by atoms with Gasteiger partial charge in [0.25, 0.3) is 0 Å². The molecule has 0 radical (unpaired) electrons. The van der Waals surface area contributed by atoms with Crippen molar-refractivity contribution in [3.8, 4) is 0 Å². The van der Waals surface area contributed by atoms with Crippen LogP contribution in [-0.2, 0) is 6.42 Å². The highest BCUT2D eigenvalue weighted by atomic mass is 15.2. The quantitative estimate of drug-likeness (QED) is 0.596. The van der Waals surface area contributed by atoms with Crippen LogP contribution in [0.3, 0.4) is 0 Å². The van der Waals surface area contributed by atoms with Crippen molar-refractivity contribution in [3.63, 3.8) is 0 Å². The number of hydrogen-bond acceptors (Lipinski definition) is 2. The first-order chi connectivity index (χ1) is 9.33. The van der Waals surface area contributed by atoms with Crippen LogP contribution in [0.15, 0.2) is 24.3 Å². The summed E-state index contributed by atoms with van der Waals surface area (Å²) in [6, 6.07) is 9.26. The van der Waals surface area contributed by atoms with Crippen molar-refractivity contribution in [1.29, 1.82) is 0 Å². The molecule has 0 spiro atoms. The minimum atomic E-state index is 0.319. The van der Waals surface area contributed by atoms with Gasteiger partial charge in [-0.3, -0.25) is 11.3 Å². The largest absolute Gasteiger partial charge is 0.271 e. The van der Waals surface area contributed by atoms with Crippen LogP contribution in [-0.4, -0.2) is 0 Å². The molecule has 2 rings (SSSR count). The predicted octanol–water partition coefficient (Wildman–Crippen LogP) is 4.11. The van der Waals surface area contributed by atoms with Crippen molar-refractivity contribution in [2.24, 2.45) is 11.8 Å². The van der Waals surface area contributed by atoms with Gasteiger partial charge in [-0.2, -0.15) is 0 Å². The third-order valence-electron chi connectivity index (χ3n) is 4.39. The van der Waals surface area contributed by atoms with E-state index in [1.165, 1.54) is 56.1 Å². The molecule has 1 aliphatic carbocycles. The van der Waals surface area contributed by atoms with Crippen LogP contribution in [0.4, 0.5) is 0 Å². The average Bonchev–Trinajstić information content (AvgIpc) is 2.46. The van der Waals surface area contributed by atoms with Crippen molar-refractivity contribution in [2.45, 2.75) is 64.3 Å². The fourth-order valence-electron chi connectivity index (χ4n) is 3.31. The molecule has 2 heteroatoms. The van der Waals surface area contributed by atoms with Crippen LogP contribution < -0.4 is 11.3 Å². The Hall–Kier alpha value is -0.860. The molecule has 0 aromatic heterocycles. The third-order valence-corrected chi connectivity index (χ3v) is 4.39. The zero-order valence-corrected chi connectivity index (χ0v) is 12.2. The minimum Gasteiger partial charge on any atom is -0.271 e. The maximum absolute atomic E-state index is 5.80. The fourth-order valence-corrected chi connectivity index (χ4v) is 3.31. The molecule has 0 saturated heterocycles. The van der Waals surface area contributed by atoms with Crippen molar-refractivity contribution in [1.82, 2.24) is 5.43 Å². The molecule has 3 N–H and O–H groups in total. The van der Waals surface area contributed by atoms with Crippen LogP contribution in [0.25, 0.3) is 0 Å². The number of aryl methyl sites for hydroxylation is 1. The smallest absolute Gasteiger partial charge is 0.0462 e. The van der Waals surface area contributed by atoms with Crippen LogP contribution in [0.1, 0.15) is 69.0 Å². The Bertz CT molecular complexity index is 369. The number of benzene rings is 1. The van der Waals surface area contributed by atoms with E-state index in [9.17, 15) is 0 Å². The van der Waals surface area contributed by atoms with Gasteiger partial charge < -0.3 is 0 Å². The minimum absolute atomic E-state index is 0.319. The van der Waals surface area contributed by atoms with Gasteiger partial charge in [0.2, 0.25) is 0 Å². The van der Waals surface area contributed by atoms with Crippen molar-refractivity contribution in [2.75, 3.05) is 0 Å². The van der Waals surface area contributed by atoms with E-state index in [0.717, 1.165) is 12.3 Å². The van der Waals surface area contributed by atoms with E-state index in [4.69, 9.17) is 5.84 Å². The summed E-state index contributed by atoms with van der Waals surface area (Å²) in [5.74, 6) is 6.65. The summed E-state index contributed by atoms with van der Waals surface area (Å²) >= 11 is 0. The lowest BCUT2D eigenvalue weighted by Crippen LogP contribution is -2.30. The number of rotatable bonds is 6. The molecule has 106 valence electrons. The SMILES string of the molecule is CCCc1cccc(C(CC2CCCCC2)NN)c1. The Labute approximate surface area is 117 Å². The number of hydrazine groups is 1. The molecule has 0 bridgehead atoms. The topological polar surface area (TPSA) is 38.0 Å². The second-order valence-corrected chi connectivity index (χ2v) is 5.95. The third kappa shape index (κ3) is 4.32.